The van der Waals surface area contributed by atoms with Crippen molar-refractivity contribution in [3.8, 4) is 0 Å². The number of rotatable bonds is 5. The van der Waals surface area contributed by atoms with E-state index in [1.54, 1.807) is 10.9 Å². The molecule has 1 fully saturated rings. The lowest BCUT2D eigenvalue weighted by Gasteiger charge is -2.22. The van der Waals surface area contributed by atoms with Crippen LogP contribution in [0.5, 0.6) is 0 Å². The SMILES string of the molecule is Cl.O=C(NCC1CCCNC1)c1cn(Cc2ccccc2)nn1. The molecular formula is C16H22ClN5O. The maximum atomic E-state index is 12.1. The lowest BCUT2D eigenvalue weighted by Crippen LogP contribution is -2.38. The summed E-state index contributed by atoms with van der Waals surface area (Å²) >= 11 is 0. The van der Waals surface area contributed by atoms with Gasteiger partial charge in [-0.2, -0.15) is 0 Å². The Morgan fingerprint density at radius 3 is 2.91 bits per heavy atom. The second-order valence-corrected chi connectivity index (χ2v) is 5.71. The van der Waals surface area contributed by atoms with Crippen LogP contribution in [0.15, 0.2) is 36.5 Å². The first kappa shape index (κ1) is 17.4. The molecule has 2 aromatic rings. The standard InChI is InChI=1S/C16H21N5O.ClH/c22-16(18-10-14-7-4-8-17-9-14)15-12-21(20-19-15)11-13-5-2-1-3-6-13;/h1-3,5-6,12,14,17H,4,7-11H2,(H,18,22);1H. The summed E-state index contributed by atoms with van der Waals surface area (Å²) in [5.41, 5.74) is 1.51. The number of amides is 1. The summed E-state index contributed by atoms with van der Waals surface area (Å²) in [4.78, 5) is 12.1. The van der Waals surface area contributed by atoms with Crippen molar-refractivity contribution in [2.75, 3.05) is 19.6 Å². The number of aromatic nitrogens is 3. The highest BCUT2D eigenvalue weighted by atomic mass is 35.5. The third-order valence-corrected chi connectivity index (χ3v) is 3.91. The van der Waals surface area contributed by atoms with Crippen LogP contribution in [-0.4, -0.2) is 40.5 Å². The van der Waals surface area contributed by atoms with Gasteiger partial charge in [0.2, 0.25) is 0 Å². The minimum atomic E-state index is -0.148. The quantitative estimate of drug-likeness (QED) is 0.868. The number of nitrogens with one attached hydrogen (secondary N) is 2. The van der Waals surface area contributed by atoms with E-state index in [4.69, 9.17) is 0 Å². The normalized spacial score (nSPS) is 17.3. The summed E-state index contributed by atoms with van der Waals surface area (Å²) < 4.78 is 1.69. The van der Waals surface area contributed by atoms with E-state index in [2.05, 4.69) is 20.9 Å². The molecule has 2 heterocycles. The molecule has 0 saturated carbocycles. The van der Waals surface area contributed by atoms with Crippen LogP contribution in [0.1, 0.15) is 28.9 Å². The number of halogens is 1. The Balaban J connectivity index is 0.00000192. The van der Waals surface area contributed by atoms with Gasteiger partial charge in [0, 0.05) is 6.54 Å². The van der Waals surface area contributed by atoms with Crippen LogP contribution in [0.4, 0.5) is 0 Å². The average Bonchev–Trinajstić information content (AvgIpc) is 3.03. The summed E-state index contributed by atoms with van der Waals surface area (Å²) in [7, 11) is 0. The third kappa shape index (κ3) is 5.04. The van der Waals surface area contributed by atoms with Crippen LogP contribution in [0.3, 0.4) is 0 Å². The van der Waals surface area contributed by atoms with Gasteiger partial charge in [0.25, 0.3) is 5.91 Å². The molecule has 2 N–H and O–H groups in total. The molecule has 7 heteroatoms. The van der Waals surface area contributed by atoms with Crippen LogP contribution < -0.4 is 10.6 Å². The molecule has 6 nitrogen and oxygen atoms in total. The zero-order valence-corrected chi connectivity index (χ0v) is 13.8. The fourth-order valence-corrected chi connectivity index (χ4v) is 2.68. The van der Waals surface area contributed by atoms with E-state index < -0.39 is 0 Å². The van der Waals surface area contributed by atoms with Crippen LogP contribution in [-0.2, 0) is 6.54 Å². The van der Waals surface area contributed by atoms with Gasteiger partial charge in [0.1, 0.15) is 0 Å². The van der Waals surface area contributed by atoms with Gasteiger partial charge in [0.15, 0.2) is 5.69 Å². The molecule has 1 aliphatic rings. The number of benzene rings is 1. The molecule has 0 bridgehead atoms. The first-order valence-corrected chi connectivity index (χ1v) is 7.74. The molecule has 1 aromatic carbocycles. The number of carbonyl (C=O) groups excluding carboxylic acids is 1. The Morgan fingerprint density at radius 2 is 2.17 bits per heavy atom. The van der Waals surface area contributed by atoms with Gasteiger partial charge in [-0.05, 0) is 37.4 Å². The zero-order chi connectivity index (χ0) is 15.2. The van der Waals surface area contributed by atoms with E-state index in [1.165, 1.54) is 6.42 Å². The molecule has 0 radical (unpaired) electrons. The molecule has 1 aliphatic heterocycles. The van der Waals surface area contributed by atoms with E-state index in [0.29, 0.717) is 24.7 Å². The number of nitrogens with zero attached hydrogens (tertiary/aromatic N) is 3. The van der Waals surface area contributed by atoms with Gasteiger partial charge in [0.05, 0.1) is 12.7 Å². The predicted molar refractivity (Wildman–Crippen MR) is 90.7 cm³/mol. The maximum Gasteiger partial charge on any atom is 0.273 e. The highest BCUT2D eigenvalue weighted by Crippen LogP contribution is 2.08. The molecule has 124 valence electrons. The first-order valence-electron chi connectivity index (χ1n) is 7.74. The van der Waals surface area contributed by atoms with E-state index in [-0.39, 0.29) is 18.3 Å². The van der Waals surface area contributed by atoms with Crippen LogP contribution in [0, 0.1) is 5.92 Å². The Hall–Kier alpha value is -1.92. The van der Waals surface area contributed by atoms with Crippen LogP contribution >= 0.6 is 12.4 Å². The molecule has 0 spiro atoms. The van der Waals surface area contributed by atoms with E-state index in [0.717, 1.165) is 25.1 Å². The van der Waals surface area contributed by atoms with Crippen molar-refractivity contribution in [2.45, 2.75) is 19.4 Å². The number of hydrogen-bond donors (Lipinski definition) is 2. The summed E-state index contributed by atoms with van der Waals surface area (Å²) in [6.07, 6.45) is 4.03. The second kappa shape index (κ2) is 8.64. The van der Waals surface area contributed by atoms with Gasteiger partial charge in [-0.1, -0.05) is 35.5 Å². The van der Waals surface area contributed by atoms with Gasteiger partial charge in [-0.25, -0.2) is 4.68 Å². The number of carbonyl (C=O) groups is 1. The molecule has 3 rings (SSSR count). The fourth-order valence-electron chi connectivity index (χ4n) is 2.68. The van der Waals surface area contributed by atoms with Crippen molar-refractivity contribution in [3.05, 3.63) is 47.8 Å². The Labute approximate surface area is 142 Å². The minimum Gasteiger partial charge on any atom is -0.350 e. The van der Waals surface area contributed by atoms with Crippen molar-refractivity contribution in [2.24, 2.45) is 5.92 Å². The highest BCUT2D eigenvalue weighted by molar-refractivity contribution is 5.91. The molecule has 1 saturated heterocycles. The van der Waals surface area contributed by atoms with Crippen molar-refractivity contribution >= 4 is 18.3 Å². The smallest absolute Gasteiger partial charge is 0.273 e. The van der Waals surface area contributed by atoms with Gasteiger partial charge in [-0.15, -0.1) is 17.5 Å². The minimum absolute atomic E-state index is 0. The van der Waals surface area contributed by atoms with Crippen molar-refractivity contribution in [1.82, 2.24) is 25.6 Å². The predicted octanol–water partition coefficient (Wildman–Crippen LogP) is 1.48. The largest absolute Gasteiger partial charge is 0.350 e. The third-order valence-electron chi connectivity index (χ3n) is 3.91. The Morgan fingerprint density at radius 1 is 1.35 bits per heavy atom. The number of piperidine rings is 1. The van der Waals surface area contributed by atoms with Crippen molar-refractivity contribution in [3.63, 3.8) is 0 Å². The van der Waals surface area contributed by atoms with Gasteiger partial charge in [-0.3, -0.25) is 4.79 Å². The van der Waals surface area contributed by atoms with Crippen molar-refractivity contribution in [1.29, 1.82) is 0 Å². The Bertz CT molecular complexity index is 610. The van der Waals surface area contributed by atoms with E-state index >= 15 is 0 Å². The lowest BCUT2D eigenvalue weighted by atomic mass is 10.00. The van der Waals surface area contributed by atoms with E-state index in [9.17, 15) is 4.79 Å². The molecule has 0 aliphatic carbocycles. The average molecular weight is 336 g/mol. The Kier molecular flexibility index (Phi) is 6.55. The van der Waals surface area contributed by atoms with Gasteiger partial charge < -0.3 is 10.6 Å². The first-order chi connectivity index (χ1) is 10.8. The second-order valence-electron chi connectivity index (χ2n) is 5.71. The summed E-state index contributed by atoms with van der Waals surface area (Å²) in [5.74, 6) is 0.363. The van der Waals surface area contributed by atoms with Gasteiger partial charge >= 0.3 is 0 Å². The summed E-state index contributed by atoms with van der Waals surface area (Å²) in [5, 5.41) is 14.3. The molecular weight excluding hydrogens is 314 g/mol. The monoisotopic (exact) mass is 335 g/mol. The molecule has 23 heavy (non-hydrogen) atoms. The molecule has 1 aromatic heterocycles. The molecule has 1 amide bonds. The highest BCUT2D eigenvalue weighted by Gasteiger charge is 2.16. The zero-order valence-electron chi connectivity index (χ0n) is 12.9. The maximum absolute atomic E-state index is 12.1. The topological polar surface area (TPSA) is 71.8 Å². The van der Waals surface area contributed by atoms with E-state index in [1.807, 2.05) is 30.3 Å². The molecule has 1 unspecified atom stereocenters. The summed E-state index contributed by atoms with van der Waals surface area (Å²) in [6.45, 7) is 3.37. The van der Waals surface area contributed by atoms with Crippen molar-refractivity contribution < 1.29 is 4.79 Å². The van der Waals surface area contributed by atoms with Crippen LogP contribution in [0.2, 0.25) is 0 Å². The fraction of sp³-hybridized carbons (Fsp3) is 0.438. The molecule has 1 atom stereocenters. The van der Waals surface area contributed by atoms with Crippen LogP contribution in [0.25, 0.3) is 0 Å². The number of hydrogen-bond acceptors (Lipinski definition) is 4. The lowest BCUT2D eigenvalue weighted by molar-refractivity contribution is 0.0939. The summed E-state index contributed by atoms with van der Waals surface area (Å²) in [6, 6.07) is 10.00.